The molecule has 0 saturated carbocycles. The number of carboxylic acid groups (broad SMARTS) is 1. The third-order valence-corrected chi connectivity index (χ3v) is 2.45. The monoisotopic (exact) mass is 239 g/mol. The second-order valence-corrected chi connectivity index (χ2v) is 3.59. The van der Waals surface area contributed by atoms with Crippen molar-refractivity contribution in [3.05, 3.63) is 29.6 Å². The van der Waals surface area contributed by atoms with Crippen molar-refractivity contribution in [2.45, 2.75) is 6.42 Å². The summed E-state index contributed by atoms with van der Waals surface area (Å²) < 4.78 is 17.9. The van der Waals surface area contributed by atoms with Crippen LogP contribution >= 0.6 is 0 Å². The largest absolute Gasteiger partial charge is 0.478 e. The van der Waals surface area contributed by atoms with E-state index in [4.69, 9.17) is 9.84 Å². The molecule has 1 saturated heterocycles. The number of rotatable bonds is 2. The van der Waals surface area contributed by atoms with E-state index in [0.29, 0.717) is 19.6 Å². The average molecular weight is 239 g/mol. The van der Waals surface area contributed by atoms with Crippen molar-refractivity contribution in [1.82, 2.24) is 0 Å². The number of hydrogen-bond donors (Lipinski definition) is 1. The lowest BCUT2D eigenvalue weighted by molar-refractivity contribution is 0.0697. The maximum atomic E-state index is 13.1. The van der Waals surface area contributed by atoms with Gasteiger partial charge in [-0.1, -0.05) is 0 Å². The molecule has 0 unspecified atom stereocenters. The first-order chi connectivity index (χ1) is 8.09. The number of carbonyl (C=O) groups excluding carboxylic acids is 1. The van der Waals surface area contributed by atoms with Crippen molar-refractivity contribution in [3.8, 4) is 0 Å². The first-order valence-electron chi connectivity index (χ1n) is 5.07. The zero-order valence-corrected chi connectivity index (χ0v) is 8.85. The summed E-state index contributed by atoms with van der Waals surface area (Å²) in [7, 11) is 0. The molecule has 1 heterocycles. The minimum absolute atomic E-state index is 0.0298. The fourth-order valence-corrected chi connectivity index (χ4v) is 1.68. The van der Waals surface area contributed by atoms with Gasteiger partial charge in [0, 0.05) is 6.54 Å². The van der Waals surface area contributed by atoms with Crippen LogP contribution in [0.4, 0.5) is 14.9 Å². The number of carbonyl (C=O) groups is 2. The van der Waals surface area contributed by atoms with Crippen LogP contribution in [0.2, 0.25) is 0 Å². The molecule has 0 radical (unpaired) electrons. The van der Waals surface area contributed by atoms with Crippen LogP contribution in [0.1, 0.15) is 16.8 Å². The number of carboxylic acids is 1. The Labute approximate surface area is 96.4 Å². The molecule has 5 nitrogen and oxygen atoms in total. The molecule has 0 aromatic heterocycles. The second kappa shape index (κ2) is 4.40. The van der Waals surface area contributed by atoms with Gasteiger partial charge in [0.1, 0.15) is 5.82 Å². The number of anilines is 1. The number of benzene rings is 1. The minimum atomic E-state index is -1.21. The van der Waals surface area contributed by atoms with Crippen LogP contribution in [0.3, 0.4) is 0 Å². The first kappa shape index (κ1) is 11.4. The Kier molecular flexibility index (Phi) is 2.95. The zero-order valence-electron chi connectivity index (χ0n) is 8.85. The number of hydrogen-bond acceptors (Lipinski definition) is 3. The highest BCUT2D eigenvalue weighted by Crippen LogP contribution is 2.24. The number of cyclic esters (lactones) is 1. The van der Waals surface area contributed by atoms with Crippen molar-refractivity contribution in [2.24, 2.45) is 0 Å². The van der Waals surface area contributed by atoms with Crippen molar-refractivity contribution in [2.75, 3.05) is 18.1 Å². The standard InChI is InChI=1S/C11H10FNO4/c12-7-2-3-8(10(14)15)9(6-7)13-4-1-5-17-11(13)16/h2-3,6H,1,4-5H2,(H,14,15). The van der Waals surface area contributed by atoms with Gasteiger partial charge in [-0.3, -0.25) is 4.90 Å². The van der Waals surface area contributed by atoms with E-state index in [0.717, 1.165) is 23.1 Å². The van der Waals surface area contributed by atoms with E-state index in [9.17, 15) is 14.0 Å². The van der Waals surface area contributed by atoms with Crippen LogP contribution in [0.15, 0.2) is 18.2 Å². The predicted octanol–water partition coefficient (Wildman–Crippen LogP) is 1.87. The molecule has 0 atom stereocenters. The van der Waals surface area contributed by atoms with Crippen molar-refractivity contribution >= 4 is 17.7 Å². The fraction of sp³-hybridized carbons (Fsp3) is 0.273. The maximum Gasteiger partial charge on any atom is 0.414 e. The molecule has 0 bridgehead atoms. The zero-order chi connectivity index (χ0) is 12.4. The normalized spacial score (nSPS) is 15.6. The van der Waals surface area contributed by atoms with E-state index in [2.05, 4.69) is 0 Å². The summed E-state index contributed by atoms with van der Waals surface area (Å²) >= 11 is 0. The molecule has 0 aliphatic carbocycles. The number of amides is 1. The highest BCUT2D eigenvalue weighted by atomic mass is 19.1. The van der Waals surface area contributed by atoms with Gasteiger partial charge < -0.3 is 9.84 Å². The summed E-state index contributed by atoms with van der Waals surface area (Å²) in [6.07, 6.45) is -0.0641. The molecule has 1 aromatic rings. The highest BCUT2D eigenvalue weighted by Gasteiger charge is 2.25. The second-order valence-electron chi connectivity index (χ2n) is 3.59. The van der Waals surface area contributed by atoms with E-state index >= 15 is 0 Å². The van der Waals surface area contributed by atoms with Gasteiger partial charge in [0.25, 0.3) is 0 Å². The molecule has 2 rings (SSSR count). The topological polar surface area (TPSA) is 66.8 Å². The van der Waals surface area contributed by atoms with Crippen LogP contribution < -0.4 is 4.90 Å². The SMILES string of the molecule is O=C(O)c1ccc(F)cc1N1CCCOC1=O. The van der Waals surface area contributed by atoms with Gasteiger partial charge in [-0.05, 0) is 24.6 Å². The lowest BCUT2D eigenvalue weighted by Crippen LogP contribution is -2.38. The smallest absolute Gasteiger partial charge is 0.414 e. The summed E-state index contributed by atoms with van der Waals surface area (Å²) in [6, 6.07) is 3.20. The molecule has 1 fully saturated rings. The molecule has 1 aliphatic heterocycles. The average Bonchev–Trinajstić information content (AvgIpc) is 2.29. The molecule has 1 aliphatic rings. The van der Waals surface area contributed by atoms with Gasteiger partial charge in [-0.25, -0.2) is 14.0 Å². The van der Waals surface area contributed by atoms with Gasteiger partial charge in [0.05, 0.1) is 17.9 Å². The lowest BCUT2D eigenvalue weighted by Gasteiger charge is -2.27. The van der Waals surface area contributed by atoms with E-state index in [-0.39, 0.29) is 11.3 Å². The summed E-state index contributed by atoms with van der Waals surface area (Å²) in [6.45, 7) is 0.621. The van der Waals surface area contributed by atoms with Crippen LogP contribution in [0, 0.1) is 5.82 Å². The molecule has 0 spiro atoms. The third-order valence-electron chi connectivity index (χ3n) is 2.45. The Morgan fingerprint density at radius 3 is 2.88 bits per heavy atom. The highest BCUT2D eigenvalue weighted by molar-refractivity contribution is 6.00. The summed E-state index contributed by atoms with van der Waals surface area (Å²) in [5.41, 5.74) is -0.0903. The van der Waals surface area contributed by atoms with E-state index < -0.39 is 17.9 Å². The van der Waals surface area contributed by atoms with Crippen LogP contribution in [-0.2, 0) is 4.74 Å². The fourth-order valence-electron chi connectivity index (χ4n) is 1.68. The van der Waals surface area contributed by atoms with Crippen LogP contribution in [-0.4, -0.2) is 30.3 Å². The third kappa shape index (κ3) is 2.20. The summed E-state index contributed by atoms with van der Waals surface area (Å²) in [5, 5.41) is 8.97. The predicted molar refractivity (Wildman–Crippen MR) is 56.7 cm³/mol. The number of nitrogens with zero attached hydrogens (tertiary/aromatic N) is 1. The Hall–Kier alpha value is -2.11. The molecule has 1 amide bonds. The van der Waals surface area contributed by atoms with E-state index in [1.54, 1.807) is 0 Å². The first-order valence-corrected chi connectivity index (χ1v) is 5.07. The van der Waals surface area contributed by atoms with Crippen molar-refractivity contribution < 1.29 is 23.8 Å². The van der Waals surface area contributed by atoms with Gasteiger partial charge in [-0.2, -0.15) is 0 Å². The Bertz CT molecular complexity index is 475. The van der Waals surface area contributed by atoms with E-state index in [1.807, 2.05) is 0 Å². The molecule has 90 valence electrons. The molecule has 1 N–H and O–H groups in total. The Morgan fingerprint density at radius 2 is 2.24 bits per heavy atom. The van der Waals surface area contributed by atoms with Gasteiger partial charge >= 0.3 is 12.1 Å². The number of ether oxygens (including phenoxy) is 1. The van der Waals surface area contributed by atoms with Gasteiger partial charge in [0.2, 0.25) is 0 Å². The Balaban J connectivity index is 2.45. The molecular weight excluding hydrogens is 229 g/mol. The quantitative estimate of drug-likeness (QED) is 0.855. The molecular formula is C11H10FNO4. The minimum Gasteiger partial charge on any atom is -0.478 e. The lowest BCUT2D eigenvalue weighted by atomic mass is 10.1. The van der Waals surface area contributed by atoms with Crippen molar-refractivity contribution in [1.29, 1.82) is 0 Å². The van der Waals surface area contributed by atoms with Gasteiger partial charge in [-0.15, -0.1) is 0 Å². The maximum absolute atomic E-state index is 13.1. The van der Waals surface area contributed by atoms with Crippen LogP contribution in [0.25, 0.3) is 0 Å². The summed E-state index contributed by atoms with van der Waals surface area (Å²) in [4.78, 5) is 23.6. The number of aromatic carboxylic acids is 1. The van der Waals surface area contributed by atoms with E-state index in [1.165, 1.54) is 0 Å². The number of halogens is 1. The van der Waals surface area contributed by atoms with Crippen molar-refractivity contribution in [3.63, 3.8) is 0 Å². The van der Waals surface area contributed by atoms with Crippen LogP contribution in [0.5, 0.6) is 0 Å². The molecule has 17 heavy (non-hydrogen) atoms. The summed E-state index contributed by atoms with van der Waals surface area (Å²) in [5.74, 6) is -1.80. The van der Waals surface area contributed by atoms with Gasteiger partial charge in [0.15, 0.2) is 0 Å². The molecule has 6 heteroatoms. The molecule has 1 aromatic carbocycles. The Morgan fingerprint density at radius 1 is 1.47 bits per heavy atom.